The molecule has 0 unspecified atom stereocenters. The van der Waals surface area contributed by atoms with Gasteiger partial charge in [-0.2, -0.15) is 0 Å². The van der Waals surface area contributed by atoms with Crippen molar-refractivity contribution in [3.05, 3.63) is 29.3 Å². The molecule has 0 fully saturated rings. The number of nitrogens with one attached hydrogen (secondary N) is 1. The maximum Gasteiger partial charge on any atom is 0.337 e. The third-order valence-corrected chi connectivity index (χ3v) is 4.58. The number of ether oxygens (including phenoxy) is 1. The van der Waals surface area contributed by atoms with Crippen LogP contribution in [-0.4, -0.2) is 28.0 Å². The Morgan fingerprint density at radius 3 is 2.55 bits per heavy atom. The first kappa shape index (κ1) is 16.7. The van der Waals surface area contributed by atoms with Gasteiger partial charge in [0.05, 0.1) is 17.6 Å². The number of sulfonamides is 1. The summed E-state index contributed by atoms with van der Waals surface area (Å²) in [6.45, 7) is 4.14. The number of esters is 1. The predicted molar refractivity (Wildman–Crippen MR) is 77.2 cm³/mol. The average Bonchev–Trinajstić information content (AvgIpc) is 2.42. The Morgan fingerprint density at radius 1 is 1.30 bits per heavy atom. The highest BCUT2D eigenvalue weighted by Gasteiger charge is 2.17. The molecule has 0 amide bonds. The molecule has 0 bridgehead atoms. The van der Waals surface area contributed by atoms with Gasteiger partial charge in [-0.3, -0.25) is 0 Å². The standard InChI is InChI=1S/C14H21NO4S/c1-4-5-6-9-15-20(17,18)13-8-7-12(10-11(13)2)14(16)19-3/h7-8,10,15H,4-6,9H2,1-3H3. The smallest absolute Gasteiger partial charge is 0.337 e. The zero-order chi connectivity index (χ0) is 15.2. The van der Waals surface area contributed by atoms with Crippen LogP contribution in [-0.2, 0) is 14.8 Å². The molecule has 6 heteroatoms. The molecule has 20 heavy (non-hydrogen) atoms. The summed E-state index contributed by atoms with van der Waals surface area (Å²) in [6, 6.07) is 4.41. The van der Waals surface area contributed by atoms with E-state index in [1.807, 2.05) is 0 Å². The van der Waals surface area contributed by atoms with Crippen molar-refractivity contribution in [3.63, 3.8) is 0 Å². The Balaban J connectivity index is 2.88. The molecule has 0 atom stereocenters. The van der Waals surface area contributed by atoms with Crippen molar-refractivity contribution >= 4 is 16.0 Å². The van der Waals surface area contributed by atoms with Gasteiger partial charge >= 0.3 is 5.97 Å². The molecule has 1 N–H and O–H groups in total. The monoisotopic (exact) mass is 299 g/mol. The second-order valence-electron chi connectivity index (χ2n) is 4.58. The van der Waals surface area contributed by atoms with Crippen LogP contribution in [0.4, 0.5) is 0 Å². The molecule has 0 aliphatic rings. The SMILES string of the molecule is CCCCCNS(=O)(=O)c1ccc(C(=O)OC)cc1C. The van der Waals surface area contributed by atoms with E-state index in [1.54, 1.807) is 6.92 Å². The van der Waals surface area contributed by atoms with Gasteiger partial charge < -0.3 is 4.74 Å². The third kappa shape index (κ3) is 4.31. The van der Waals surface area contributed by atoms with Gasteiger partial charge in [0, 0.05) is 6.54 Å². The van der Waals surface area contributed by atoms with E-state index in [0.29, 0.717) is 17.7 Å². The highest BCUT2D eigenvalue weighted by molar-refractivity contribution is 7.89. The van der Waals surface area contributed by atoms with Crippen LogP contribution >= 0.6 is 0 Å². The van der Waals surface area contributed by atoms with E-state index in [-0.39, 0.29) is 4.90 Å². The zero-order valence-electron chi connectivity index (χ0n) is 12.1. The second kappa shape index (κ2) is 7.40. The van der Waals surface area contributed by atoms with E-state index in [2.05, 4.69) is 16.4 Å². The van der Waals surface area contributed by atoms with Crippen molar-refractivity contribution in [2.45, 2.75) is 38.0 Å². The summed E-state index contributed by atoms with van der Waals surface area (Å²) in [5, 5.41) is 0. The molecule has 0 aliphatic carbocycles. The highest BCUT2D eigenvalue weighted by atomic mass is 32.2. The average molecular weight is 299 g/mol. The Labute approximate surface area is 120 Å². The second-order valence-corrected chi connectivity index (χ2v) is 6.31. The highest BCUT2D eigenvalue weighted by Crippen LogP contribution is 2.17. The van der Waals surface area contributed by atoms with Crippen molar-refractivity contribution in [2.24, 2.45) is 0 Å². The van der Waals surface area contributed by atoms with Gasteiger partial charge in [-0.1, -0.05) is 19.8 Å². The Bertz CT molecular complexity index is 567. The molecule has 0 saturated carbocycles. The number of benzene rings is 1. The van der Waals surface area contributed by atoms with Gasteiger partial charge in [0.2, 0.25) is 10.0 Å². The number of hydrogen-bond donors (Lipinski definition) is 1. The number of unbranched alkanes of at least 4 members (excludes halogenated alkanes) is 2. The lowest BCUT2D eigenvalue weighted by Gasteiger charge is -2.10. The summed E-state index contributed by atoms with van der Waals surface area (Å²) < 4.78 is 31.5. The first-order valence-corrected chi connectivity index (χ1v) is 8.09. The first-order chi connectivity index (χ1) is 9.42. The minimum Gasteiger partial charge on any atom is -0.465 e. The van der Waals surface area contributed by atoms with E-state index in [9.17, 15) is 13.2 Å². The van der Waals surface area contributed by atoms with Crippen LogP contribution in [0.3, 0.4) is 0 Å². The van der Waals surface area contributed by atoms with Crippen LogP contribution in [0.2, 0.25) is 0 Å². The third-order valence-electron chi connectivity index (χ3n) is 2.96. The van der Waals surface area contributed by atoms with Crippen LogP contribution in [0.1, 0.15) is 42.1 Å². The van der Waals surface area contributed by atoms with E-state index >= 15 is 0 Å². The van der Waals surface area contributed by atoms with Crippen molar-refractivity contribution in [2.75, 3.05) is 13.7 Å². The molecule has 1 rings (SSSR count). The molecule has 0 radical (unpaired) electrons. The van der Waals surface area contributed by atoms with Crippen molar-refractivity contribution in [3.8, 4) is 0 Å². The molecule has 1 aromatic carbocycles. The predicted octanol–water partition coefficient (Wildman–Crippen LogP) is 2.25. The van der Waals surface area contributed by atoms with Gasteiger partial charge in [0.1, 0.15) is 0 Å². The first-order valence-electron chi connectivity index (χ1n) is 6.61. The van der Waals surface area contributed by atoms with Crippen LogP contribution in [0.15, 0.2) is 23.1 Å². The van der Waals surface area contributed by atoms with Crippen LogP contribution in [0.25, 0.3) is 0 Å². The van der Waals surface area contributed by atoms with Crippen LogP contribution < -0.4 is 4.72 Å². The van der Waals surface area contributed by atoms with Crippen molar-refractivity contribution in [1.82, 2.24) is 4.72 Å². The maximum absolute atomic E-state index is 12.1. The Kier molecular flexibility index (Phi) is 6.16. The summed E-state index contributed by atoms with van der Waals surface area (Å²) in [7, 11) is -2.23. The van der Waals surface area contributed by atoms with Gasteiger partial charge in [-0.25, -0.2) is 17.9 Å². The number of carbonyl (C=O) groups is 1. The molecule has 0 aromatic heterocycles. The van der Waals surface area contributed by atoms with E-state index < -0.39 is 16.0 Å². The van der Waals surface area contributed by atoms with Gasteiger partial charge in [0.15, 0.2) is 0 Å². The maximum atomic E-state index is 12.1. The number of rotatable bonds is 7. The number of carbonyl (C=O) groups excluding carboxylic acids is 1. The van der Waals surface area contributed by atoms with E-state index in [0.717, 1.165) is 19.3 Å². The van der Waals surface area contributed by atoms with Gasteiger partial charge in [0.25, 0.3) is 0 Å². The molecule has 112 valence electrons. The van der Waals surface area contributed by atoms with Gasteiger partial charge in [-0.15, -0.1) is 0 Å². The molecule has 0 spiro atoms. The fourth-order valence-corrected chi connectivity index (χ4v) is 3.15. The summed E-state index contributed by atoms with van der Waals surface area (Å²) >= 11 is 0. The largest absolute Gasteiger partial charge is 0.465 e. The molecular formula is C14H21NO4S. The lowest BCUT2D eigenvalue weighted by atomic mass is 10.1. The van der Waals surface area contributed by atoms with Crippen LogP contribution in [0.5, 0.6) is 0 Å². The molecule has 1 aromatic rings. The Morgan fingerprint density at radius 2 is 2.00 bits per heavy atom. The topological polar surface area (TPSA) is 72.5 Å². The summed E-state index contributed by atoms with van der Waals surface area (Å²) in [6.07, 6.45) is 2.84. The van der Waals surface area contributed by atoms with E-state index in [4.69, 9.17) is 0 Å². The van der Waals surface area contributed by atoms with E-state index in [1.165, 1.54) is 25.3 Å². The normalized spacial score (nSPS) is 11.3. The zero-order valence-corrected chi connectivity index (χ0v) is 12.9. The minimum absolute atomic E-state index is 0.196. The van der Waals surface area contributed by atoms with Crippen molar-refractivity contribution < 1.29 is 17.9 Å². The molecular weight excluding hydrogens is 278 g/mol. The van der Waals surface area contributed by atoms with Crippen LogP contribution in [0, 0.1) is 6.92 Å². The van der Waals surface area contributed by atoms with Gasteiger partial charge in [-0.05, 0) is 37.1 Å². The molecule has 0 aliphatic heterocycles. The number of methoxy groups -OCH3 is 1. The lowest BCUT2D eigenvalue weighted by molar-refractivity contribution is 0.0600. The number of hydrogen-bond acceptors (Lipinski definition) is 4. The molecule has 0 heterocycles. The summed E-state index contributed by atoms with van der Waals surface area (Å²) in [5.74, 6) is -0.479. The van der Waals surface area contributed by atoms with Crippen molar-refractivity contribution in [1.29, 1.82) is 0 Å². The fraction of sp³-hybridized carbons (Fsp3) is 0.500. The number of aryl methyl sites for hydroxylation is 1. The summed E-state index contributed by atoms with van der Waals surface area (Å²) in [4.78, 5) is 11.6. The minimum atomic E-state index is -3.52. The lowest BCUT2D eigenvalue weighted by Crippen LogP contribution is -2.25. The molecule has 0 saturated heterocycles. The molecule has 5 nitrogen and oxygen atoms in total. The quantitative estimate of drug-likeness (QED) is 0.619. The summed E-state index contributed by atoms with van der Waals surface area (Å²) in [5.41, 5.74) is 0.867. The Hall–Kier alpha value is -1.40. The fourth-order valence-electron chi connectivity index (χ4n) is 1.86.